The lowest BCUT2D eigenvalue weighted by Gasteiger charge is -2.18. The minimum Gasteiger partial charge on any atom is -0.349 e. The van der Waals surface area contributed by atoms with Crippen LogP contribution in [-0.4, -0.2) is 16.5 Å². The average molecular weight is 435 g/mol. The SMILES string of the molecule is Cc1c(Br)cc(C(=O)NC2CCCCCC2)c(=O)n1Cc1ccc(F)cc1. The lowest BCUT2D eigenvalue weighted by molar-refractivity contribution is 0.0931. The summed E-state index contributed by atoms with van der Waals surface area (Å²) in [5.41, 5.74) is 1.34. The summed E-state index contributed by atoms with van der Waals surface area (Å²) < 4.78 is 15.4. The van der Waals surface area contributed by atoms with Gasteiger partial charge in [-0.25, -0.2) is 4.39 Å². The van der Waals surface area contributed by atoms with Crippen LogP contribution in [0.25, 0.3) is 0 Å². The molecule has 2 aromatic rings. The molecular weight excluding hydrogens is 411 g/mol. The molecule has 0 unspecified atom stereocenters. The minimum atomic E-state index is -0.328. The highest BCUT2D eigenvalue weighted by atomic mass is 79.9. The van der Waals surface area contributed by atoms with E-state index in [1.54, 1.807) is 22.8 Å². The van der Waals surface area contributed by atoms with E-state index in [-0.39, 0.29) is 35.4 Å². The molecule has 0 radical (unpaired) electrons. The number of hydrogen-bond donors (Lipinski definition) is 1. The third-order valence-electron chi connectivity index (χ3n) is 5.19. The Kier molecular flexibility index (Phi) is 6.47. The second-order valence-corrected chi connectivity index (χ2v) is 8.03. The zero-order valence-corrected chi connectivity index (χ0v) is 17.0. The van der Waals surface area contributed by atoms with Gasteiger partial charge in [0.15, 0.2) is 0 Å². The third kappa shape index (κ3) is 4.86. The Balaban J connectivity index is 1.87. The maximum Gasteiger partial charge on any atom is 0.263 e. The topological polar surface area (TPSA) is 51.1 Å². The molecule has 27 heavy (non-hydrogen) atoms. The van der Waals surface area contributed by atoms with E-state index in [0.717, 1.165) is 36.9 Å². The van der Waals surface area contributed by atoms with Gasteiger partial charge >= 0.3 is 0 Å². The summed E-state index contributed by atoms with van der Waals surface area (Å²) in [7, 11) is 0. The molecule has 0 spiro atoms. The molecule has 1 aliphatic rings. The normalized spacial score (nSPS) is 15.4. The van der Waals surface area contributed by atoms with Crippen molar-refractivity contribution in [1.82, 2.24) is 9.88 Å². The number of pyridine rings is 1. The first-order chi connectivity index (χ1) is 13.0. The van der Waals surface area contributed by atoms with Gasteiger partial charge in [-0.2, -0.15) is 0 Å². The Morgan fingerprint density at radius 3 is 2.44 bits per heavy atom. The van der Waals surface area contributed by atoms with Gasteiger partial charge < -0.3 is 9.88 Å². The van der Waals surface area contributed by atoms with Crippen LogP contribution in [0.3, 0.4) is 0 Å². The number of carbonyl (C=O) groups is 1. The maximum atomic E-state index is 13.1. The van der Waals surface area contributed by atoms with E-state index in [9.17, 15) is 14.0 Å². The van der Waals surface area contributed by atoms with Gasteiger partial charge in [-0.3, -0.25) is 9.59 Å². The predicted octanol–water partition coefficient (Wildman–Crippen LogP) is 4.56. The number of benzene rings is 1. The standard InChI is InChI=1S/C21H24BrFN2O2/c1-14-19(22)12-18(20(26)24-17-6-4-2-3-5-7-17)21(27)25(14)13-15-8-10-16(23)11-9-15/h8-12,17H,2-7,13H2,1H3,(H,24,26). The lowest BCUT2D eigenvalue weighted by atomic mass is 10.1. The van der Waals surface area contributed by atoms with Gasteiger partial charge in [-0.1, -0.05) is 37.8 Å². The summed E-state index contributed by atoms with van der Waals surface area (Å²) in [6.45, 7) is 2.11. The maximum absolute atomic E-state index is 13.1. The van der Waals surface area contributed by atoms with Gasteiger partial charge in [-0.15, -0.1) is 0 Å². The fourth-order valence-electron chi connectivity index (χ4n) is 3.53. The van der Waals surface area contributed by atoms with Crippen molar-refractivity contribution in [2.75, 3.05) is 0 Å². The first kappa shape index (κ1) is 19.8. The van der Waals surface area contributed by atoms with E-state index in [2.05, 4.69) is 21.2 Å². The fourth-order valence-corrected chi connectivity index (χ4v) is 3.97. The van der Waals surface area contributed by atoms with Crippen molar-refractivity contribution in [3.8, 4) is 0 Å². The molecule has 0 saturated heterocycles. The van der Waals surface area contributed by atoms with Crippen LogP contribution in [-0.2, 0) is 6.54 Å². The summed E-state index contributed by atoms with van der Waals surface area (Å²) in [5, 5.41) is 3.04. The third-order valence-corrected chi connectivity index (χ3v) is 5.99. The van der Waals surface area contributed by atoms with E-state index < -0.39 is 0 Å². The summed E-state index contributed by atoms with van der Waals surface area (Å²) in [5.74, 6) is -0.638. The van der Waals surface area contributed by atoms with Gasteiger partial charge in [0.2, 0.25) is 0 Å². The highest BCUT2D eigenvalue weighted by molar-refractivity contribution is 9.10. The lowest BCUT2D eigenvalue weighted by Crippen LogP contribution is -2.39. The second-order valence-electron chi connectivity index (χ2n) is 7.17. The molecule has 144 valence electrons. The zero-order chi connectivity index (χ0) is 19.4. The highest BCUT2D eigenvalue weighted by Gasteiger charge is 2.20. The number of carbonyl (C=O) groups excluding carboxylic acids is 1. The monoisotopic (exact) mass is 434 g/mol. The Morgan fingerprint density at radius 2 is 1.81 bits per heavy atom. The van der Waals surface area contributed by atoms with Crippen molar-refractivity contribution in [2.45, 2.75) is 58.0 Å². The molecule has 6 heteroatoms. The predicted molar refractivity (Wildman–Crippen MR) is 108 cm³/mol. The van der Waals surface area contributed by atoms with Crippen molar-refractivity contribution in [3.05, 3.63) is 67.8 Å². The Morgan fingerprint density at radius 1 is 1.19 bits per heavy atom. The van der Waals surface area contributed by atoms with Crippen LogP contribution in [0.1, 0.15) is 60.1 Å². The van der Waals surface area contributed by atoms with Crippen LogP contribution in [0, 0.1) is 12.7 Å². The Hall–Kier alpha value is -1.95. The van der Waals surface area contributed by atoms with E-state index in [1.165, 1.54) is 25.0 Å². The molecule has 1 N–H and O–H groups in total. The molecule has 1 amide bonds. The van der Waals surface area contributed by atoms with E-state index in [4.69, 9.17) is 0 Å². The Labute approximate surface area is 166 Å². The molecule has 0 aliphatic heterocycles. The molecule has 0 atom stereocenters. The molecular formula is C21H24BrFN2O2. The molecule has 4 nitrogen and oxygen atoms in total. The molecule has 1 fully saturated rings. The zero-order valence-electron chi connectivity index (χ0n) is 15.4. The quantitative estimate of drug-likeness (QED) is 0.716. The molecule has 0 bridgehead atoms. The van der Waals surface area contributed by atoms with Crippen molar-refractivity contribution in [3.63, 3.8) is 0 Å². The fraction of sp³-hybridized carbons (Fsp3) is 0.429. The van der Waals surface area contributed by atoms with Crippen LogP contribution >= 0.6 is 15.9 Å². The first-order valence-corrected chi connectivity index (χ1v) is 10.2. The smallest absolute Gasteiger partial charge is 0.263 e. The Bertz CT molecular complexity index is 869. The van der Waals surface area contributed by atoms with Crippen molar-refractivity contribution >= 4 is 21.8 Å². The van der Waals surface area contributed by atoms with E-state index in [0.29, 0.717) is 4.47 Å². The van der Waals surface area contributed by atoms with E-state index in [1.807, 2.05) is 6.92 Å². The van der Waals surface area contributed by atoms with Gasteiger partial charge in [0.05, 0.1) is 6.54 Å². The summed E-state index contributed by atoms with van der Waals surface area (Å²) in [4.78, 5) is 25.7. The summed E-state index contributed by atoms with van der Waals surface area (Å²) in [6.07, 6.45) is 6.54. The number of halogens is 2. The molecule has 1 heterocycles. The number of hydrogen-bond acceptors (Lipinski definition) is 2. The highest BCUT2D eigenvalue weighted by Crippen LogP contribution is 2.19. The molecule has 1 saturated carbocycles. The van der Waals surface area contributed by atoms with Crippen LogP contribution in [0.4, 0.5) is 4.39 Å². The number of nitrogens with one attached hydrogen (secondary N) is 1. The van der Waals surface area contributed by atoms with Crippen molar-refractivity contribution in [1.29, 1.82) is 0 Å². The van der Waals surface area contributed by atoms with Crippen LogP contribution < -0.4 is 10.9 Å². The van der Waals surface area contributed by atoms with Crippen LogP contribution in [0.15, 0.2) is 39.6 Å². The molecule has 3 rings (SSSR count). The first-order valence-electron chi connectivity index (χ1n) is 9.41. The molecule has 1 aromatic carbocycles. The second kappa shape index (κ2) is 8.83. The number of amides is 1. The number of aromatic nitrogens is 1. The number of rotatable bonds is 4. The van der Waals surface area contributed by atoms with Gasteiger partial charge in [-0.05, 0) is 59.5 Å². The summed E-state index contributed by atoms with van der Waals surface area (Å²) >= 11 is 3.46. The van der Waals surface area contributed by atoms with Gasteiger partial charge in [0.25, 0.3) is 11.5 Å². The van der Waals surface area contributed by atoms with Crippen LogP contribution in [0.2, 0.25) is 0 Å². The largest absolute Gasteiger partial charge is 0.349 e. The van der Waals surface area contributed by atoms with Gasteiger partial charge in [0, 0.05) is 16.2 Å². The molecule has 1 aliphatic carbocycles. The molecule has 1 aromatic heterocycles. The summed E-state index contributed by atoms with van der Waals surface area (Å²) in [6, 6.07) is 7.76. The number of nitrogens with zero attached hydrogens (tertiary/aromatic N) is 1. The van der Waals surface area contributed by atoms with Crippen molar-refractivity contribution < 1.29 is 9.18 Å². The van der Waals surface area contributed by atoms with Gasteiger partial charge in [0.1, 0.15) is 11.4 Å². The van der Waals surface area contributed by atoms with Crippen LogP contribution in [0.5, 0.6) is 0 Å². The van der Waals surface area contributed by atoms with E-state index >= 15 is 0 Å². The minimum absolute atomic E-state index is 0.130. The van der Waals surface area contributed by atoms with Crippen molar-refractivity contribution in [2.24, 2.45) is 0 Å². The average Bonchev–Trinajstić information content (AvgIpc) is 2.92.